The van der Waals surface area contributed by atoms with Crippen LogP contribution in [0, 0.1) is 0 Å². The summed E-state index contributed by atoms with van der Waals surface area (Å²) in [6.07, 6.45) is 2.70. The molecule has 18 heavy (non-hydrogen) atoms. The van der Waals surface area contributed by atoms with Gasteiger partial charge in [0, 0.05) is 12.0 Å². The van der Waals surface area contributed by atoms with Crippen LogP contribution in [0.2, 0.25) is 0 Å². The number of nitrogens with two attached hydrogens (primary N) is 1. The van der Waals surface area contributed by atoms with Crippen LogP contribution in [-0.2, 0) is 0 Å². The van der Waals surface area contributed by atoms with Crippen molar-refractivity contribution in [3.63, 3.8) is 0 Å². The zero-order chi connectivity index (χ0) is 12.4. The van der Waals surface area contributed by atoms with E-state index in [4.69, 9.17) is 10.5 Å². The molecule has 4 nitrogen and oxygen atoms in total. The van der Waals surface area contributed by atoms with Gasteiger partial charge in [0.15, 0.2) is 0 Å². The van der Waals surface area contributed by atoms with Gasteiger partial charge in [-0.2, -0.15) is 0 Å². The van der Waals surface area contributed by atoms with E-state index < -0.39 is 0 Å². The van der Waals surface area contributed by atoms with E-state index in [0.29, 0.717) is 5.82 Å². The van der Waals surface area contributed by atoms with Gasteiger partial charge < -0.3 is 15.8 Å². The van der Waals surface area contributed by atoms with Crippen LogP contribution in [0.15, 0.2) is 42.6 Å². The minimum atomic E-state index is 0.264. The minimum absolute atomic E-state index is 0.264. The molecule has 2 heterocycles. The first-order valence-electron chi connectivity index (χ1n) is 6.03. The average molecular weight is 241 g/mol. The van der Waals surface area contributed by atoms with Gasteiger partial charge in [0.25, 0.3) is 0 Å². The third kappa shape index (κ3) is 2.09. The molecule has 0 saturated heterocycles. The van der Waals surface area contributed by atoms with E-state index in [1.807, 2.05) is 24.3 Å². The Hall–Kier alpha value is -2.23. The lowest BCUT2D eigenvalue weighted by Gasteiger charge is -2.27. The molecule has 0 radical (unpaired) electrons. The molecule has 4 heteroatoms. The molecule has 3 N–H and O–H groups in total. The number of hydrogen-bond acceptors (Lipinski definition) is 4. The van der Waals surface area contributed by atoms with Crippen LogP contribution in [-0.4, -0.2) is 11.6 Å². The zero-order valence-electron chi connectivity index (χ0n) is 9.97. The first-order chi connectivity index (χ1) is 8.83. The van der Waals surface area contributed by atoms with Crippen LogP contribution < -0.4 is 15.8 Å². The second-order valence-electron chi connectivity index (χ2n) is 4.34. The van der Waals surface area contributed by atoms with Gasteiger partial charge in [-0.3, -0.25) is 0 Å². The summed E-state index contributed by atoms with van der Waals surface area (Å²) < 4.78 is 5.63. The van der Waals surface area contributed by atoms with E-state index in [1.165, 1.54) is 5.56 Å². The highest BCUT2D eigenvalue weighted by molar-refractivity contribution is 5.49. The fourth-order valence-corrected chi connectivity index (χ4v) is 2.18. The number of aromatic nitrogens is 1. The Morgan fingerprint density at radius 1 is 1.22 bits per heavy atom. The van der Waals surface area contributed by atoms with Gasteiger partial charge in [0.2, 0.25) is 0 Å². The highest BCUT2D eigenvalue weighted by atomic mass is 16.5. The van der Waals surface area contributed by atoms with Crippen LogP contribution >= 0.6 is 0 Å². The fraction of sp³-hybridized carbons (Fsp3) is 0.214. The molecule has 0 saturated carbocycles. The summed E-state index contributed by atoms with van der Waals surface area (Å²) in [7, 11) is 0. The molecule has 1 aromatic heterocycles. The number of nitrogens with one attached hydrogen (secondary N) is 1. The molecule has 1 aliphatic rings. The number of benzene rings is 1. The molecule has 1 aliphatic heterocycles. The van der Waals surface area contributed by atoms with Crippen molar-refractivity contribution in [1.82, 2.24) is 4.98 Å². The molecule has 1 atom stereocenters. The third-order valence-corrected chi connectivity index (χ3v) is 3.09. The van der Waals surface area contributed by atoms with Crippen molar-refractivity contribution in [1.29, 1.82) is 0 Å². The first-order valence-corrected chi connectivity index (χ1v) is 6.03. The Kier molecular flexibility index (Phi) is 2.76. The maximum atomic E-state index is 5.63. The minimum Gasteiger partial charge on any atom is -0.493 e. The number of rotatable bonds is 2. The van der Waals surface area contributed by atoms with Crippen molar-refractivity contribution in [2.24, 2.45) is 0 Å². The Bertz CT molecular complexity index is 539. The van der Waals surface area contributed by atoms with E-state index in [0.717, 1.165) is 24.5 Å². The molecule has 0 bridgehead atoms. The van der Waals surface area contributed by atoms with Gasteiger partial charge in [-0.25, -0.2) is 4.98 Å². The van der Waals surface area contributed by atoms with Crippen LogP contribution in [0.5, 0.6) is 5.75 Å². The van der Waals surface area contributed by atoms with E-state index in [2.05, 4.69) is 16.4 Å². The predicted molar refractivity (Wildman–Crippen MR) is 71.6 cm³/mol. The number of anilines is 2. The van der Waals surface area contributed by atoms with Crippen LogP contribution in [0.4, 0.5) is 11.5 Å². The van der Waals surface area contributed by atoms with Crippen molar-refractivity contribution in [2.45, 2.75) is 12.5 Å². The second kappa shape index (κ2) is 4.56. The van der Waals surface area contributed by atoms with Crippen LogP contribution in [0.25, 0.3) is 0 Å². The van der Waals surface area contributed by atoms with E-state index in [-0.39, 0.29) is 6.04 Å². The Balaban J connectivity index is 1.84. The smallest absolute Gasteiger partial charge is 0.124 e. The van der Waals surface area contributed by atoms with Gasteiger partial charge >= 0.3 is 0 Å². The molecule has 0 fully saturated rings. The fourth-order valence-electron chi connectivity index (χ4n) is 2.18. The first kappa shape index (κ1) is 10.9. The summed E-state index contributed by atoms with van der Waals surface area (Å²) >= 11 is 0. The number of pyridine rings is 1. The summed E-state index contributed by atoms with van der Waals surface area (Å²) in [6.45, 7) is 0.733. The standard InChI is InChI=1S/C14H15N3O/c15-14-6-5-10(9-16-14)17-12-7-8-18-13-4-2-1-3-11(12)13/h1-6,9,12,17H,7-8H2,(H2,15,16). The summed E-state index contributed by atoms with van der Waals surface area (Å²) in [5.41, 5.74) is 7.75. The van der Waals surface area contributed by atoms with Crippen LogP contribution in [0.1, 0.15) is 18.0 Å². The summed E-state index contributed by atoms with van der Waals surface area (Å²) in [5, 5.41) is 3.47. The third-order valence-electron chi connectivity index (χ3n) is 3.09. The molecule has 92 valence electrons. The summed E-state index contributed by atoms with van der Waals surface area (Å²) in [6, 6.07) is 12.1. The number of hydrogen-bond donors (Lipinski definition) is 2. The molecule has 2 aromatic rings. The Morgan fingerprint density at radius 3 is 2.94 bits per heavy atom. The quantitative estimate of drug-likeness (QED) is 0.848. The molecular weight excluding hydrogens is 226 g/mol. The van der Waals surface area contributed by atoms with Crippen molar-refractivity contribution < 1.29 is 4.74 Å². The number of para-hydroxylation sites is 1. The SMILES string of the molecule is Nc1ccc(NC2CCOc3ccccc32)cn1. The monoisotopic (exact) mass is 241 g/mol. The Labute approximate surface area is 106 Å². The van der Waals surface area contributed by atoms with Crippen molar-refractivity contribution in [2.75, 3.05) is 17.7 Å². The Morgan fingerprint density at radius 2 is 2.11 bits per heavy atom. The molecule has 1 unspecified atom stereocenters. The molecule has 1 aromatic carbocycles. The van der Waals surface area contributed by atoms with Gasteiger partial charge in [0.1, 0.15) is 11.6 Å². The lowest BCUT2D eigenvalue weighted by Crippen LogP contribution is -2.20. The molecule has 3 rings (SSSR count). The van der Waals surface area contributed by atoms with Gasteiger partial charge in [0.05, 0.1) is 24.5 Å². The van der Waals surface area contributed by atoms with Crippen molar-refractivity contribution in [3.05, 3.63) is 48.2 Å². The number of fused-ring (bicyclic) bond motifs is 1. The number of nitrogens with zero attached hydrogens (tertiary/aromatic N) is 1. The van der Waals surface area contributed by atoms with E-state index in [1.54, 1.807) is 12.3 Å². The van der Waals surface area contributed by atoms with Crippen molar-refractivity contribution >= 4 is 11.5 Å². The predicted octanol–water partition coefficient (Wildman–Crippen LogP) is 2.60. The molecule has 0 aliphatic carbocycles. The summed E-state index contributed by atoms with van der Waals surface area (Å²) in [4.78, 5) is 4.08. The largest absolute Gasteiger partial charge is 0.493 e. The average Bonchev–Trinajstić information content (AvgIpc) is 2.42. The zero-order valence-corrected chi connectivity index (χ0v) is 9.97. The van der Waals surface area contributed by atoms with Gasteiger partial charge in [-0.1, -0.05) is 18.2 Å². The topological polar surface area (TPSA) is 60.2 Å². The number of nitrogen functional groups attached to an aromatic ring is 1. The highest BCUT2D eigenvalue weighted by Gasteiger charge is 2.20. The lowest BCUT2D eigenvalue weighted by molar-refractivity contribution is 0.274. The van der Waals surface area contributed by atoms with Crippen LogP contribution in [0.3, 0.4) is 0 Å². The highest BCUT2D eigenvalue weighted by Crippen LogP contribution is 2.33. The lowest BCUT2D eigenvalue weighted by atomic mass is 10.0. The second-order valence-corrected chi connectivity index (χ2v) is 4.34. The van der Waals surface area contributed by atoms with Crippen molar-refractivity contribution in [3.8, 4) is 5.75 Å². The van der Waals surface area contributed by atoms with Gasteiger partial charge in [-0.15, -0.1) is 0 Å². The van der Waals surface area contributed by atoms with Gasteiger partial charge in [-0.05, 0) is 18.2 Å². The van der Waals surface area contributed by atoms with E-state index >= 15 is 0 Å². The molecular formula is C14H15N3O. The van der Waals surface area contributed by atoms with E-state index in [9.17, 15) is 0 Å². The maximum absolute atomic E-state index is 5.63. The molecule has 0 amide bonds. The maximum Gasteiger partial charge on any atom is 0.124 e. The summed E-state index contributed by atoms with van der Waals surface area (Å²) in [5.74, 6) is 1.50. The normalized spacial score (nSPS) is 17.7. The number of ether oxygens (including phenoxy) is 1. The molecule has 0 spiro atoms.